The van der Waals surface area contributed by atoms with Crippen LogP contribution in [0.2, 0.25) is 5.02 Å². The van der Waals surface area contributed by atoms with E-state index in [0.29, 0.717) is 22.0 Å². The monoisotopic (exact) mass is 408 g/mol. The van der Waals surface area contributed by atoms with E-state index in [-0.39, 0.29) is 12.1 Å². The van der Waals surface area contributed by atoms with E-state index >= 15 is 0 Å². The molecule has 0 bridgehead atoms. The molecule has 4 N–H and O–H groups in total. The summed E-state index contributed by atoms with van der Waals surface area (Å²) in [6, 6.07) is 6.01. The van der Waals surface area contributed by atoms with Crippen LogP contribution in [0, 0.1) is 0 Å². The molecular weight excluding hydrogens is 388 g/mol. The van der Waals surface area contributed by atoms with Gasteiger partial charge in [0.1, 0.15) is 11.8 Å². The van der Waals surface area contributed by atoms with Gasteiger partial charge in [0.15, 0.2) is 11.5 Å². The Balaban J connectivity index is 1.62. The molecule has 0 saturated carbocycles. The Morgan fingerprint density at radius 1 is 1.28 bits per heavy atom. The smallest absolute Gasteiger partial charge is 0.162 e. The summed E-state index contributed by atoms with van der Waals surface area (Å²) < 4.78 is 0. The lowest BCUT2D eigenvalue weighted by atomic mass is 10.0. The van der Waals surface area contributed by atoms with Crippen LogP contribution in [-0.4, -0.2) is 44.1 Å². The number of anilines is 2. The molecule has 8 nitrogen and oxygen atoms in total. The maximum atomic E-state index is 6.64. The average Bonchev–Trinajstić information content (AvgIpc) is 3.37. The number of benzene rings is 1. The number of fused-ring (bicyclic) bond motifs is 2. The highest BCUT2D eigenvalue weighted by Gasteiger charge is 2.27. The largest absolute Gasteiger partial charge is 0.368 e. The molecule has 1 fully saturated rings. The molecule has 0 amide bonds. The van der Waals surface area contributed by atoms with Crippen molar-refractivity contribution in [2.45, 2.75) is 25.4 Å². The first kappa shape index (κ1) is 18.1. The second-order valence-electron chi connectivity index (χ2n) is 7.38. The first-order valence-corrected chi connectivity index (χ1v) is 9.98. The summed E-state index contributed by atoms with van der Waals surface area (Å²) in [5, 5.41) is 5.10. The lowest BCUT2D eigenvalue weighted by Crippen LogP contribution is -2.28. The van der Waals surface area contributed by atoms with E-state index in [9.17, 15) is 0 Å². The topological polar surface area (TPSA) is 109 Å². The zero-order valence-electron chi connectivity index (χ0n) is 15.9. The zero-order chi connectivity index (χ0) is 20.0. The molecule has 2 atom stereocenters. The zero-order valence-corrected chi connectivity index (χ0v) is 16.7. The van der Waals surface area contributed by atoms with Crippen LogP contribution in [-0.2, 0) is 0 Å². The Labute approximate surface area is 172 Å². The van der Waals surface area contributed by atoms with E-state index in [2.05, 4.69) is 42.1 Å². The van der Waals surface area contributed by atoms with Gasteiger partial charge in [-0.15, -0.1) is 0 Å². The van der Waals surface area contributed by atoms with Gasteiger partial charge in [-0.3, -0.25) is 4.98 Å². The number of hydrogen-bond donors (Lipinski definition) is 3. The fourth-order valence-corrected chi connectivity index (χ4v) is 4.28. The number of H-pyrrole nitrogens is 1. The predicted octanol–water partition coefficient (Wildman–Crippen LogP) is 3.27. The molecule has 5 rings (SSSR count). The predicted molar refractivity (Wildman–Crippen MR) is 115 cm³/mol. The van der Waals surface area contributed by atoms with Crippen molar-refractivity contribution >= 4 is 45.2 Å². The molecule has 3 aromatic heterocycles. The third kappa shape index (κ3) is 3.14. The molecule has 1 aromatic carbocycles. The number of halogens is 1. The lowest BCUT2D eigenvalue weighted by Gasteiger charge is -2.27. The minimum absolute atomic E-state index is 0.0828. The van der Waals surface area contributed by atoms with Gasteiger partial charge >= 0.3 is 0 Å². The quantitative estimate of drug-likeness (QED) is 0.475. The van der Waals surface area contributed by atoms with Crippen LogP contribution < -0.4 is 16.0 Å². The van der Waals surface area contributed by atoms with Crippen molar-refractivity contribution < 1.29 is 0 Å². The van der Waals surface area contributed by atoms with Gasteiger partial charge in [-0.2, -0.15) is 0 Å². The van der Waals surface area contributed by atoms with Crippen LogP contribution in [0.5, 0.6) is 0 Å². The third-order valence-electron chi connectivity index (χ3n) is 5.42. The summed E-state index contributed by atoms with van der Waals surface area (Å²) in [6.45, 7) is 3.77. The second-order valence-corrected chi connectivity index (χ2v) is 7.79. The normalized spacial score (nSPS) is 17.9. The second kappa shape index (κ2) is 7.13. The fraction of sp³-hybridized carbons (Fsp3) is 0.300. The first-order valence-electron chi connectivity index (χ1n) is 9.60. The molecule has 4 heterocycles. The summed E-state index contributed by atoms with van der Waals surface area (Å²) >= 11 is 6.64. The molecule has 0 radical (unpaired) electrons. The molecule has 1 aliphatic heterocycles. The molecule has 29 heavy (non-hydrogen) atoms. The van der Waals surface area contributed by atoms with Crippen LogP contribution in [0.3, 0.4) is 0 Å². The highest BCUT2D eigenvalue weighted by molar-refractivity contribution is 6.36. The van der Waals surface area contributed by atoms with Crippen LogP contribution in [0.15, 0.2) is 37.1 Å². The fourth-order valence-electron chi connectivity index (χ4n) is 4.01. The van der Waals surface area contributed by atoms with E-state index in [1.807, 2.05) is 18.2 Å². The summed E-state index contributed by atoms with van der Waals surface area (Å²) in [7, 11) is 0. The van der Waals surface area contributed by atoms with Crippen molar-refractivity contribution in [1.29, 1.82) is 0 Å². The Bertz CT molecular complexity index is 1190. The van der Waals surface area contributed by atoms with E-state index in [4.69, 9.17) is 17.3 Å². The van der Waals surface area contributed by atoms with Gasteiger partial charge in [0.2, 0.25) is 0 Å². The van der Waals surface area contributed by atoms with Gasteiger partial charge < -0.3 is 20.9 Å². The number of nitrogens with two attached hydrogens (primary N) is 1. The Hall–Kier alpha value is -2.97. The Kier molecular flexibility index (Phi) is 4.44. The van der Waals surface area contributed by atoms with Crippen molar-refractivity contribution in [3.05, 3.63) is 47.6 Å². The van der Waals surface area contributed by atoms with Gasteiger partial charge in [-0.1, -0.05) is 11.6 Å². The van der Waals surface area contributed by atoms with E-state index in [1.54, 1.807) is 12.5 Å². The number of rotatable bonds is 4. The number of aromatic nitrogens is 5. The molecule has 4 aromatic rings. The summed E-state index contributed by atoms with van der Waals surface area (Å²) in [6.07, 6.45) is 5.89. The summed E-state index contributed by atoms with van der Waals surface area (Å²) in [4.78, 5) is 22.9. The number of aromatic amines is 1. The highest BCUT2D eigenvalue weighted by atomic mass is 35.5. The number of pyridine rings is 1. The van der Waals surface area contributed by atoms with Crippen LogP contribution in [0.1, 0.15) is 24.9 Å². The van der Waals surface area contributed by atoms with Crippen LogP contribution in [0.25, 0.3) is 22.1 Å². The van der Waals surface area contributed by atoms with E-state index < -0.39 is 0 Å². The first-order chi connectivity index (χ1) is 14.1. The van der Waals surface area contributed by atoms with E-state index in [1.165, 1.54) is 6.33 Å². The molecule has 148 valence electrons. The maximum Gasteiger partial charge on any atom is 0.162 e. The average molecular weight is 409 g/mol. The minimum Gasteiger partial charge on any atom is -0.368 e. The van der Waals surface area contributed by atoms with Crippen molar-refractivity contribution in [2.24, 2.45) is 5.73 Å². The lowest BCUT2D eigenvalue weighted by molar-refractivity contribution is 0.751. The van der Waals surface area contributed by atoms with Crippen LogP contribution in [0.4, 0.5) is 11.5 Å². The molecule has 0 spiro atoms. The van der Waals surface area contributed by atoms with Crippen molar-refractivity contribution in [3.63, 3.8) is 0 Å². The van der Waals surface area contributed by atoms with Crippen LogP contribution >= 0.6 is 11.6 Å². The van der Waals surface area contributed by atoms with Crippen molar-refractivity contribution in [1.82, 2.24) is 24.9 Å². The molecule has 1 aliphatic rings. The molecular formula is C20H21ClN8. The SMILES string of the molecule is CC(Nc1ncnc2[nH]cnc12)c1cc(Cl)c2cccnc2c1N1CCC(N)C1. The molecule has 9 heteroatoms. The number of imidazole rings is 1. The third-order valence-corrected chi connectivity index (χ3v) is 5.74. The Morgan fingerprint density at radius 2 is 2.17 bits per heavy atom. The summed E-state index contributed by atoms with van der Waals surface area (Å²) in [5.41, 5.74) is 10.6. The van der Waals surface area contributed by atoms with Crippen molar-refractivity contribution in [3.8, 4) is 0 Å². The number of nitrogens with one attached hydrogen (secondary N) is 2. The van der Waals surface area contributed by atoms with E-state index in [0.717, 1.165) is 41.7 Å². The minimum atomic E-state index is -0.0828. The number of nitrogens with zero attached hydrogens (tertiary/aromatic N) is 5. The van der Waals surface area contributed by atoms with Gasteiger partial charge in [0.25, 0.3) is 0 Å². The number of hydrogen-bond acceptors (Lipinski definition) is 7. The van der Waals surface area contributed by atoms with Gasteiger partial charge in [0, 0.05) is 36.3 Å². The molecule has 0 aliphatic carbocycles. The molecule has 2 unspecified atom stereocenters. The van der Waals surface area contributed by atoms with Gasteiger partial charge in [-0.05, 0) is 31.5 Å². The van der Waals surface area contributed by atoms with Crippen molar-refractivity contribution in [2.75, 3.05) is 23.3 Å². The summed E-state index contributed by atoms with van der Waals surface area (Å²) in [5.74, 6) is 0.671. The Morgan fingerprint density at radius 3 is 3.00 bits per heavy atom. The van der Waals surface area contributed by atoms with Gasteiger partial charge in [-0.25, -0.2) is 15.0 Å². The standard InChI is InChI=1S/C20H21ClN8/c1-11(28-20-17-19(25-9-24-17)26-10-27-20)14-7-15(21)13-3-2-5-23-16(13)18(14)29-6-4-12(22)8-29/h2-3,5,7,9-12H,4,6,8,22H2,1H3,(H2,24,25,26,27,28). The van der Waals surface area contributed by atoms with Gasteiger partial charge in [0.05, 0.1) is 28.6 Å². The molecule has 1 saturated heterocycles. The maximum absolute atomic E-state index is 6.64. The highest BCUT2D eigenvalue weighted by Crippen LogP contribution is 2.39.